The second-order valence-electron chi connectivity index (χ2n) is 4.66. The van der Waals surface area contributed by atoms with Gasteiger partial charge in [-0.25, -0.2) is 0 Å². The van der Waals surface area contributed by atoms with Crippen molar-refractivity contribution in [2.75, 3.05) is 5.32 Å². The number of hydrogen-bond acceptors (Lipinski definition) is 5. The van der Waals surface area contributed by atoms with Crippen molar-refractivity contribution >= 4 is 18.4 Å². The second kappa shape index (κ2) is 6.04. The zero-order valence-electron chi connectivity index (χ0n) is 10.5. The third-order valence-electron chi connectivity index (χ3n) is 2.96. The Kier molecular flexibility index (Phi) is 4.39. The number of nitrogens with zero attached hydrogens (tertiary/aromatic N) is 2. The van der Waals surface area contributed by atoms with Crippen molar-refractivity contribution < 1.29 is 4.42 Å². The molecular formula is C13H17ClN4O. The minimum absolute atomic E-state index is 0. The van der Waals surface area contributed by atoms with Crippen LogP contribution in [-0.4, -0.2) is 16.2 Å². The molecule has 1 saturated carbocycles. The first-order chi connectivity index (χ1) is 8.81. The molecule has 2 aromatic rings. The van der Waals surface area contributed by atoms with Gasteiger partial charge in [0, 0.05) is 6.04 Å². The molecular weight excluding hydrogens is 264 g/mol. The van der Waals surface area contributed by atoms with E-state index in [-0.39, 0.29) is 18.4 Å². The molecule has 1 aromatic heterocycles. The van der Waals surface area contributed by atoms with Gasteiger partial charge in [0.15, 0.2) is 0 Å². The lowest BCUT2D eigenvalue weighted by Crippen LogP contribution is -2.13. The summed E-state index contributed by atoms with van der Waals surface area (Å²) in [5, 5.41) is 11.1. The van der Waals surface area contributed by atoms with Crippen molar-refractivity contribution in [3.05, 3.63) is 41.8 Å². The Hall–Kier alpha value is -1.59. The van der Waals surface area contributed by atoms with E-state index < -0.39 is 0 Å². The predicted octanol–water partition coefficient (Wildman–Crippen LogP) is 2.31. The first-order valence-corrected chi connectivity index (χ1v) is 6.21. The Bertz CT molecular complexity index is 512. The average molecular weight is 281 g/mol. The summed E-state index contributed by atoms with van der Waals surface area (Å²) in [6.07, 6.45) is 3.05. The van der Waals surface area contributed by atoms with Gasteiger partial charge < -0.3 is 15.5 Å². The van der Waals surface area contributed by atoms with E-state index in [1.54, 1.807) is 0 Å². The fourth-order valence-corrected chi connectivity index (χ4v) is 1.80. The summed E-state index contributed by atoms with van der Waals surface area (Å²) in [7, 11) is 0. The fourth-order valence-electron chi connectivity index (χ4n) is 1.80. The minimum Gasteiger partial charge on any atom is -0.406 e. The monoisotopic (exact) mass is 280 g/mol. The van der Waals surface area contributed by atoms with Crippen molar-refractivity contribution in [1.29, 1.82) is 0 Å². The summed E-state index contributed by atoms with van der Waals surface area (Å²) in [5.41, 5.74) is 7.23. The molecule has 6 heteroatoms. The second-order valence-corrected chi connectivity index (χ2v) is 4.66. The molecule has 1 heterocycles. The molecule has 1 fully saturated rings. The van der Waals surface area contributed by atoms with Gasteiger partial charge in [-0.15, -0.1) is 17.5 Å². The molecule has 0 saturated heterocycles. The zero-order valence-corrected chi connectivity index (χ0v) is 11.3. The molecule has 1 aliphatic carbocycles. The molecule has 19 heavy (non-hydrogen) atoms. The lowest BCUT2D eigenvalue weighted by molar-refractivity contribution is 0.456. The van der Waals surface area contributed by atoms with Crippen LogP contribution in [0.5, 0.6) is 0 Å². The molecule has 5 nitrogen and oxygen atoms in total. The van der Waals surface area contributed by atoms with E-state index in [0.717, 1.165) is 0 Å². The molecule has 0 radical (unpaired) electrons. The molecule has 3 N–H and O–H groups in total. The molecule has 0 spiro atoms. The Labute approximate surface area is 118 Å². The lowest BCUT2D eigenvalue weighted by Gasteiger charge is -2.06. The predicted molar refractivity (Wildman–Crippen MR) is 75.3 cm³/mol. The highest BCUT2D eigenvalue weighted by Gasteiger charge is 2.24. The van der Waals surface area contributed by atoms with Crippen LogP contribution in [0.4, 0.5) is 6.01 Å². The molecule has 0 aliphatic heterocycles. The number of anilines is 1. The van der Waals surface area contributed by atoms with Crippen LogP contribution < -0.4 is 11.1 Å². The Morgan fingerprint density at radius 3 is 2.68 bits per heavy atom. The topological polar surface area (TPSA) is 77.0 Å². The van der Waals surface area contributed by atoms with Crippen molar-refractivity contribution in [2.45, 2.75) is 31.3 Å². The van der Waals surface area contributed by atoms with Gasteiger partial charge in [0.2, 0.25) is 5.89 Å². The fraction of sp³-hybridized carbons (Fsp3) is 0.385. The van der Waals surface area contributed by atoms with E-state index in [9.17, 15) is 0 Å². The number of nitrogens with one attached hydrogen (secondary N) is 1. The highest BCUT2D eigenvalue weighted by molar-refractivity contribution is 5.85. The van der Waals surface area contributed by atoms with Crippen LogP contribution in [0.2, 0.25) is 0 Å². The maximum absolute atomic E-state index is 6.06. The molecule has 1 aliphatic rings. The van der Waals surface area contributed by atoms with Gasteiger partial charge in [-0.05, 0) is 24.8 Å². The number of aromatic nitrogens is 2. The van der Waals surface area contributed by atoms with E-state index in [4.69, 9.17) is 10.2 Å². The van der Waals surface area contributed by atoms with Gasteiger partial charge in [0.05, 0.1) is 6.04 Å². The molecule has 0 bridgehead atoms. The maximum atomic E-state index is 6.06. The quantitative estimate of drug-likeness (QED) is 0.879. The van der Waals surface area contributed by atoms with Crippen LogP contribution in [0.1, 0.15) is 30.3 Å². The maximum Gasteiger partial charge on any atom is 0.315 e. The molecule has 1 aromatic carbocycles. The highest BCUT2D eigenvalue weighted by Crippen LogP contribution is 2.25. The van der Waals surface area contributed by atoms with Gasteiger partial charge in [0.1, 0.15) is 0 Å². The molecule has 3 rings (SSSR count). The van der Waals surface area contributed by atoms with Crippen LogP contribution in [-0.2, 0) is 6.42 Å². The number of halogens is 1. The van der Waals surface area contributed by atoms with E-state index in [1.165, 1.54) is 18.4 Å². The number of benzene rings is 1. The van der Waals surface area contributed by atoms with Gasteiger partial charge in [-0.3, -0.25) is 0 Å². The average Bonchev–Trinajstić information content (AvgIpc) is 3.06. The number of hydrogen-bond donors (Lipinski definition) is 2. The normalized spacial score (nSPS) is 15.6. The van der Waals surface area contributed by atoms with Crippen LogP contribution in [0.3, 0.4) is 0 Å². The van der Waals surface area contributed by atoms with Crippen LogP contribution in [0.15, 0.2) is 34.7 Å². The summed E-state index contributed by atoms with van der Waals surface area (Å²) in [6.45, 7) is 0. The van der Waals surface area contributed by atoms with Gasteiger partial charge in [-0.1, -0.05) is 35.4 Å². The van der Waals surface area contributed by atoms with Crippen LogP contribution in [0.25, 0.3) is 0 Å². The summed E-state index contributed by atoms with van der Waals surface area (Å²) >= 11 is 0. The van der Waals surface area contributed by atoms with Crippen molar-refractivity contribution in [2.24, 2.45) is 5.73 Å². The first-order valence-electron chi connectivity index (χ1n) is 6.21. The summed E-state index contributed by atoms with van der Waals surface area (Å²) in [4.78, 5) is 0. The van der Waals surface area contributed by atoms with E-state index >= 15 is 0 Å². The van der Waals surface area contributed by atoms with Gasteiger partial charge in [-0.2, -0.15) is 0 Å². The smallest absolute Gasteiger partial charge is 0.315 e. The highest BCUT2D eigenvalue weighted by atomic mass is 35.5. The third kappa shape index (κ3) is 3.68. The Balaban J connectivity index is 0.00000133. The van der Waals surface area contributed by atoms with Crippen molar-refractivity contribution in [3.8, 4) is 0 Å². The molecule has 0 unspecified atom stereocenters. The zero-order chi connectivity index (χ0) is 12.4. The Morgan fingerprint density at radius 2 is 2.00 bits per heavy atom. The molecule has 102 valence electrons. The van der Waals surface area contributed by atoms with Crippen molar-refractivity contribution in [3.63, 3.8) is 0 Å². The first kappa shape index (κ1) is 13.8. The van der Waals surface area contributed by atoms with E-state index in [1.807, 2.05) is 30.3 Å². The minimum atomic E-state index is -0.255. The standard InChI is InChI=1S/C13H16N4O.ClH/c14-11(8-9-4-2-1-3-5-9)12-16-17-13(18-12)15-10-6-7-10;/h1-5,10-11H,6-8,14H2,(H,15,17);1H/t11-;/m1./s1. The lowest BCUT2D eigenvalue weighted by atomic mass is 10.1. The van der Waals surface area contributed by atoms with Gasteiger partial charge >= 0.3 is 6.01 Å². The third-order valence-corrected chi connectivity index (χ3v) is 2.96. The number of nitrogens with two attached hydrogens (primary N) is 1. The molecule has 1 atom stereocenters. The van der Waals surface area contributed by atoms with Crippen molar-refractivity contribution in [1.82, 2.24) is 10.2 Å². The SMILES string of the molecule is Cl.N[C@H](Cc1ccccc1)c1nnc(NC2CC2)o1. The van der Waals surface area contributed by atoms with Gasteiger partial charge in [0.25, 0.3) is 0 Å². The number of rotatable bonds is 5. The summed E-state index contributed by atoms with van der Waals surface area (Å²) < 4.78 is 5.51. The molecule has 0 amide bonds. The van der Waals surface area contributed by atoms with E-state index in [2.05, 4.69) is 15.5 Å². The summed E-state index contributed by atoms with van der Waals surface area (Å²) in [5.74, 6) is 0.488. The van der Waals surface area contributed by atoms with E-state index in [0.29, 0.717) is 24.4 Å². The summed E-state index contributed by atoms with van der Waals surface area (Å²) in [6, 6.07) is 10.8. The van der Waals surface area contributed by atoms with Crippen LogP contribution >= 0.6 is 12.4 Å². The largest absolute Gasteiger partial charge is 0.406 e. The van der Waals surface area contributed by atoms with Crippen LogP contribution in [0, 0.1) is 0 Å². The Morgan fingerprint density at radius 1 is 1.26 bits per heavy atom.